The lowest BCUT2D eigenvalue weighted by atomic mass is 9.73. The Balaban J connectivity index is 2.96. The van der Waals surface area contributed by atoms with Gasteiger partial charge in [0.1, 0.15) is 11.7 Å². The minimum absolute atomic E-state index is 0.222. The molecule has 1 heterocycles. The van der Waals surface area contributed by atoms with Crippen molar-refractivity contribution in [3.63, 3.8) is 0 Å². The molecule has 5 unspecified atom stereocenters. The van der Waals surface area contributed by atoms with Crippen LogP contribution < -0.4 is 0 Å². The van der Waals surface area contributed by atoms with E-state index in [2.05, 4.69) is 0 Å². The monoisotopic (exact) mass is 234 g/mol. The Bertz CT molecular complexity index is 243. The maximum atomic E-state index is 10.3. The van der Waals surface area contributed by atoms with Crippen molar-refractivity contribution < 1.29 is 24.8 Å². The van der Waals surface area contributed by atoms with E-state index in [-0.39, 0.29) is 13.2 Å². The first-order valence-electron chi connectivity index (χ1n) is 5.47. The first kappa shape index (κ1) is 13.9. The summed E-state index contributed by atoms with van der Waals surface area (Å²) in [6, 6.07) is 0. The minimum atomic E-state index is -1.18. The Morgan fingerprint density at radius 3 is 2.38 bits per heavy atom. The fraction of sp³-hybridized carbons (Fsp3) is 1.00. The van der Waals surface area contributed by atoms with Crippen molar-refractivity contribution in [2.45, 2.75) is 44.2 Å². The summed E-state index contributed by atoms with van der Waals surface area (Å²) >= 11 is 0. The predicted octanol–water partition coefficient (Wildman–Crippen LogP) is -0.469. The molecular formula is C11H22O5. The summed E-state index contributed by atoms with van der Waals surface area (Å²) in [7, 11) is 1.52. The van der Waals surface area contributed by atoms with E-state index in [9.17, 15) is 15.3 Å². The van der Waals surface area contributed by atoms with E-state index in [0.29, 0.717) is 0 Å². The fourth-order valence-corrected chi connectivity index (χ4v) is 2.14. The molecule has 1 aliphatic rings. The number of hydrogen-bond donors (Lipinski definition) is 3. The van der Waals surface area contributed by atoms with Gasteiger partial charge in [-0.25, -0.2) is 0 Å². The summed E-state index contributed by atoms with van der Waals surface area (Å²) in [5, 5.41) is 29.6. The molecule has 1 saturated heterocycles. The van der Waals surface area contributed by atoms with Gasteiger partial charge in [-0.3, -0.25) is 0 Å². The van der Waals surface area contributed by atoms with Gasteiger partial charge >= 0.3 is 0 Å². The van der Waals surface area contributed by atoms with Crippen LogP contribution in [0.2, 0.25) is 0 Å². The molecule has 5 heteroatoms. The second-order valence-corrected chi connectivity index (χ2v) is 4.99. The van der Waals surface area contributed by atoms with E-state index in [0.717, 1.165) is 0 Å². The molecule has 0 saturated carbocycles. The molecule has 5 atom stereocenters. The van der Waals surface area contributed by atoms with Crippen molar-refractivity contribution in [1.82, 2.24) is 0 Å². The average molecular weight is 234 g/mol. The molecule has 0 bridgehead atoms. The number of hydrogen-bond acceptors (Lipinski definition) is 5. The van der Waals surface area contributed by atoms with Crippen LogP contribution in [0.25, 0.3) is 0 Å². The summed E-state index contributed by atoms with van der Waals surface area (Å²) < 4.78 is 10.6. The highest BCUT2D eigenvalue weighted by molar-refractivity contribution is 5.03. The zero-order chi connectivity index (χ0) is 12.6. The van der Waals surface area contributed by atoms with E-state index in [1.807, 2.05) is 0 Å². The van der Waals surface area contributed by atoms with Gasteiger partial charge in [0.2, 0.25) is 0 Å². The van der Waals surface area contributed by atoms with Gasteiger partial charge in [0.15, 0.2) is 0 Å². The van der Waals surface area contributed by atoms with Gasteiger partial charge in [-0.15, -0.1) is 0 Å². The van der Waals surface area contributed by atoms with Crippen molar-refractivity contribution in [3.8, 4) is 0 Å². The third kappa shape index (κ3) is 2.10. The standard InChI is InChI=1S/C11H22O5/c1-7-9(13)10(2,6-12)16-8(5-15-4)11(7,3)14/h7-9,12-14H,5-6H2,1-4H3. The quantitative estimate of drug-likeness (QED) is 0.615. The zero-order valence-corrected chi connectivity index (χ0v) is 10.3. The van der Waals surface area contributed by atoms with Crippen LogP contribution in [-0.4, -0.2) is 59.1 Å². The van der Waals surface area contributed by atoms with Gasteiger partial charge in [-0.2, -0.15) is 0 Å². The zero-order valence-electron chi connectivity index (χ0n) is 10.3. The van der Waals surface area contributed by atoms with Crippen molar-refractivity contribution in [2.75, 3.05) is 20.3 Å². The van der Waals surface area contributed by atoms with E-state index < -0.39 is 29.3 Å². The molecule has 1 rings (SSSR count). The van der Waals surface area contributed by atoms with Crippen LogP contribution in [0.4, 0.5) is 0 Å². The Labute approximate surface area is 96.0 Å². The van der Waals surface area contributed by atoms with Gasteiger partial charge in [0, 0.05) is 13.0 Å². The molecule has 0 aliphatic carbocycles. The molecule has 16 heavy (non-hydrogen) atoms. The Kier molecular flexibility index (Phi) is 3.97. The third-order valence-corrected chi connectivity index (χ3v) is 3.72. The molecule has 96 valence electrons. The summed E-state index contributed by atoms with van der Waals surface area (Å²) in [5.41, 5.74) is -2.23. The van der Waals surface area contributed by atoms with Crippen LogP contribution in [0, 0.1) is 5.92 Å². The maximum Gasteiger partial charge on any atom is 0.115 e. The molecule has 0 aromatic heterocycles. The number of ether oxygens (including phenoxy) is 2. The lowest BCUT2D eigenvalue weighted by molar-refractivity contribution is -0.292. The first-order valence-corrected chi connectivity index (χ1v) is 5.47. The van der Waals surface area contributed by atoms with Crippen LogP contribution in [0.5, 0.6) is 0 Å². The lowest BCUT2D eigenvalue weighted by Gasteiger charge is -2.52. The minimum Gasteiger partial charge on any atom is -0.393 e. The number of methoxy groups -OCH3 is 1. The normalized spacial score (nSPS) is 49.3. The Morgan fingerprint density at radius 2 is 1.94 bits per heavy atom. The van der Waals surface area contributed by atoms with Crippen molar-refractivity contribution in [1.29, 1.82) is 0 Å². The van der Waals surface area contributed by atoms with E-state index >= 15 is 0 Å². The van der Waals surface area contributed by atoms with Crippen LogP contribution in [-0.2, 0) is 9.47 Å². The topological polar surface area (TPSA) is 79.2 Å². The average Bonchev–Trinajstić information content (AvgIpc) is 2.24. The first-order chi connectivity index (χ1) is 7.29. The molecular weight excluding hydrogens is 212 g/mol. The van der Waals surface area contributed by atoms with Gasteiger partial charge in [0.25, 0.3) is 0 Å². The highest BCUT2D eigenvalue weighted by Crippen LogP contribution is 2.39. The molecule has 0 radical (unpaired) electrons. The smallest absolute Gasteiger partial charge is 0.115 e. The second kappa shape index (κ2) is 4.58. The fourth-order valence-electron chi connectivity index (χ4n) is 2.14. The van der Waals surface area contributed by atoms with Crippen molar-refractivity contribution in [3.05, 3.63) is 0 Å². The van der Waals surface area contributed by atoms with E-state index in [1.54, 1.807) is 20.8 Å². The largest absolute Gasteiger partial charge is 0.393 e. The lowest BCUT2D eigenvalue weighted by Crippen LogP contribution is -2.67. The highest BCUT2D eigenvalue weighted by Gasteiger charge is 2.54. The van der Waals surface area contributed by atoms with Crippen molar-refractivity contribution in [2.24, 2.45) is 5.92 Å². The third-order valence-electron chi connectivity index (χ3n) is 3.72. The highest BCUT2D eigenvalue weighted by atomic mass is 16.6. The Hall–Kier alpha value is -0.200. The van der Waals surface area contributed by atoms with Crippen LogP contribution >= 0.6 is 0 Å². The molecule has 1 fully saturated rings. The SMILES string of the molecule is COCC1OC(C)(CO)C(O)C(C)C1(C)O. The molecule has 0 amide bonds. The van der Waals surface area contributed by atoms with Crippen LogP contribution in [0.3, 0.4) is 0 Å². The predicted molar refractivity (Wildman–Crippen MR) is 58.0 cm³/mol. The van der Waals surface area contributed by atoms with E-state index in [4.69, 9.17) is 9.47 Å². The van der Waals surface area contributed by atoms with E-state index in [1.165, 1.54) is 7.11 Å². The summed E-state index contributed by atoms with van der Waals surface area (Å²) in [6.07, 6.45) is -1.48. The summed E-state index contributed by atoms with van der Waals surface area (Å²) in [4.78, 5) is 0. The molecule has 3 N–H and O–H groups in total. The molecule has 1 aliphatic heterocycles. The summed E-state index contributed by atoms with van der Waals surface area (Å²) in [5.74, 6) is -0.404. The summed E-state index contributed by atoms with van der Waals surface area (Å²) in [6.45, 7) is 4.91. The Morgan fingerprint density at radius 1 is 1.38 bits per heavy atom. The van der Waals surface area contributed by atoms with Crippen LogP contribution in [0.15, 0.2) is 0 Å². The van der Waals surface area contributed by atoms with Gasteiger partial charge < -0.3 is 24.8 Å². The molecule has 0 spiro atoms. The molecule has 5 nitrogen and oxygen atoms in total. The van der Waals surface area contributed by atoms with Gasteiger partial charge in [-0.1, -0.05) is 6.92 Å². The second-order valence-electron chi connectivity index (χ2n) is 4.99. The van der Waals surface area contributed by atoms with Gasteiger partial charge in [0.05, 0.1) is 24.9 Å². The molecule has 0 aromatic rings. The number of aliphatic hydroxyl groups excluding tert-OH is 2. The maximum absolute atomic E-state index is 10.3. The molecule has 0 aromatic carbocycles. The van der Waals surface area contributed by atoms with Crippen LogP contribution in [0.1, 0.15) is 20.8 Å². The van der Waals surface area contributed by atoms with Crippen molar-refractivity contribution >= 4 is 0 Å². The van der Waals surface area contributed by atoms with Gasteiger partial charge in [-0.05, 0) is 13.8 Å². The number of aliphatic hydroxyl groups is 3. The number of rotatable bonds is 3.